The molecule has 15 heavy (non-hydrogen) atoms. The van der Waals surface area contributed by atoms with Crippen LogP contribution in [0.2, 0.25) is 5.02 Å². The Balaban J connectivity index is 2.44. The van der Waals surface area contributed by atoms with Crippen LogP contribution in [0.1, 0.15) is 18.1 Å². The van der Waals surface area contributed by atoms with Gasteiger partial charge in [0.05, 0.1) is 0 Å². The Morgan fingerprint density at radius 2 is 2.20 bits per heavy atom. The van der Waals surface area contributed by atoms with Gasteiger partial charge in [0.1, 0.15) is 0 Å². The number of hydrogen-bond donors (Lipinski definition) is 2. The molecule has 0 radical (unpaired) electrons. The SMILES string of the molecule is Cc1ccc(CNCC(C)CO)c(Cl)c1. The van der Waals surface area contributed by atoms with Crippen LogP contribution in [0.5, 0.6) is 0 Å². The second kappa shape index (κ2) is 6.11. The highest BCUT2D eigenvalue weighted by molar-refractivity contribution is 6.31. The maximum Gasteiger partial charge on any atom is 0.0468 e. The predicted molar refractivity (Wildman–Crippen MR) is 64.1 cm³/mol. The Kier molecular flexibility index (Phi) is 5.09. The third kappa shape index (κ3) is 4.20. The summed E-state index contributed by atoms with van der Waals surface area (Å²) < 4.78 is 0. The summed E-state index contributed by atoms with van der Waals surface area (Å²) in [6.45, 7) is 5.81. The highest BCUT2D eigenvalue weighted by Gasteiger charge is 2.02. The van der Waals surface area contributed by atoms with Gasteiger partial charge in [0, 0.05) is 24.7 Å². The van der Waals surface area contributed by atoms with Gasteiger partial charge in [-0.2, -0.15) is 0 Å². The summed E-state index contributed by atoms with van der Waals surface area (Å²) in [5, 5.41) is 12.9. The molecule has 0 saturated heterocycles. The maximum atomic E-state index is 8.86. The standard InChI is InChI=1S/C12H18ClNO/c1-9-3-4-11(12(13)5-9)7-14-6-10(2)8-15/h3-5,10,14-15H,6-8H2,1-2H3. The zero-order chi connectivity index (χ0) is 11.3. The minimum atomic E-state index is 0.217. The lowest BCUT2D eigenvalue weighted by Crippen LogP contribution is -2.22. The van der Waals surface area contributed by atoms with E-state index < -0.39 is 0 Å². The van der Waals surface area contributed by atoms with Crippen LogP contribution in [-0.4, -0.2) is 18.3 Å². The zero-order valence-corrected chi connectivity index (χ0v) is 10.0. The van der Waals surface area contributed by atoms with Gasteiger partial charge >= 0.3 is 0 Å². The van der Waals surface area contributed by atoms with Crippen molar-refractivity contribution in [2.75, 3.05) is 13.2 Å². The van der Waals surface area contributed by atoms with E-state index in [9.17, 15) is 0 Å². The fourth-order valence-electron chi connectivity index (χ4n) is 1.31. The van der Waals surface area contributed by atoms with Crippen molar-refractivity contribution in [2.24, 2.45) is 5.92 Å². The third-order valence-electron chi connectivity index (χ3n) is 2.33. The van der Waals surface area contributed by atoms with Crippen molar-refractivity contribution in [1.29, 1.82) is 0 Å². The van der Waals surface area contributed by atoms with Gasteiger partial charge in [0.25, 0.3) is 0 Å². The van der Waals surface area contributed by atoms with E-state index in [1.165, 1.54) is 5.56 Å². The first-order valence-electron chi connectivity index (χ1n) is 5.20. The van der Waals surface area contributed by atoms with Gasteiger partial charge in [-0.05, 0) is 30.0 Å². The largest absolute Gasteiger partial charge is 0.396 e. The Morgan fingerprint density at radius 1 is 1.47 bits per heavy atom. The second-order valence-electron chi connectivity index (χ2n) is 4.01. The summed E-state index contributed by atoms with van der Waals surface area (Å²) in [4.78, 5) is 0. The average Bonchev–Trinajstić information content (AvgIpc) is 2.21. The molecule has 0 aliphatic rings. The molecule has 0 saturated carbocycles. The van der Waals surface area contributed by atoms with Gasteiger partial charge in [-0.1, -0.05) is 30.7 Å². The lowest BCUT2D eigenvalue weighted by Gasteiger charge is -2.10. The summed E-state index contributed by atoms with van der Waals surface area (Å²) in [5.74, 6) is 0.286. The van der Waals surface area contributed by atoms with Crippen molar-refractivity contribution in [3.8, 4) is 0 Å². The Morgan fingerprint density at radius 3 is 2.80 bits per heavy atom. The molecule has 1 atom stereocenters. The highest BCUT2D eigenvalue weighted by Crippen LogP contribution is 2.17. The van der Waals surface area contributed by atoms with Crippen LogP contribution in [0.25, 0.3) is 0 Å². The minimum Gasteiger partial charge on any atom is -0.396 e. The minimum absolute atomic E-state index is 0.217. The lowest BCUT2D eigenvalue weighted by atomic mass is 10.1. The summed E-state index contributed by atoms with van der Waals surface area (Å²) >= 11 is 6.09. The number of aliphatic hydroxyl groups is 1. The van der Waals surface area contributed by atoms with Crippen molar-refractivity contribution in [3.05, 3.63) is 34.3 Å². The topological polar surface area (TPSA) is 32.3 Å². The van der Waals surface area contributed by atoms with E-state index in [4.69, 9.17) is 16.7 Å². The summed E-state index contributed by atoms with van der Waals surface area (Å²) in [6.07, 6.45) is 0. The van der Waals surface area contributed by atoms with Crippen LogP contribution >= 0.6 is 11.6 Å². The molecule has 1 unspecified atom stereocenters. The molecular formula is C12H18ClNO. The molecule has 0 spiro atoms. The number of aliphatic hydroxyl groups excluding tert-OH is 1. The van der Waals surface area contributed by atoms with Crippen molar-refractivity contribution in [2.45, 2.75) is 20.4 Å². The smallest absolute Gasteiger partial charge is 0.0468 e. The number of halogens is 1. The van der Waals surface area contributed by atoms with Gasteiger partial charge in [0.2, 0.25) is 0 Å². The molecule has 0 heterocycles. The average molecular weight is 228 g/mol. The quantitative estimate of drug-likeness (QED) is 0.810. The van der Waals surface area contributed by atoms with Gasteiger partial charge in [-0.3, -0.25) is 0 Å². The van der Waals surface area contributed by atoms with E-state index in [1.54, 1.807) is 0 Å². The molecule has 0 bridgehead atoms. The first kappa shape index (κ1) is 12.5. The van der Waals surface area contributed by atoms with Crippen LogP contribution in [0.3, 0.4) is 0 Å². The van der Waals surface area contributed by atoms with Crippen molar-refractivity contribution >= 4 is 11.6 Å². The summed E-state index contributed by atoms with van der Waals surface area (Å²) in [6, 6.07) is 6.06. The predicted octanol–water partition coefficient (Wildman–Crippen LogP) is 2.37. The van der Waals surface area contributed by atoms with E-state index in [0.717, 1.165) is 23.7 Å². The van der Waals surface area contributed by atoms with Crippen LogP contribution < -0.4 is 5.32 Å². The zero-order valence-electron chi connectivity index (χ0n) is 9.26. The molecule has 0 aliphatic heterocycles. The molecular weight excluding hydrogens is 210 g/mol. The van der Waals surface area contributed by atoms with E-state index in [1.807, 2.05) is 26.0 Å². The number of aryl methyl sites for hydroxylation is 1. The van der Waals surface area contributed by atoms with Crippen molar-refractivity contribution < 1.29 is 5.11 Å². The maximum absolute atomic E-state index is 8.86. The molecule has 84 valence electrons. The molecule has 2 N–H and O–H groups in total. The molecule has 2 nitrogen and oxygen atoms in total. The first-order chi connectivity index (χ1) is 7.13. The lowest BCUT2D eigenvalue weighted by molar-refractivity contribution is 0.233. The molecule has 0 aliphatic carbocycles. The van der Waals surface area contributed by atoms with Gasteiger partial charge in [-0.25, -0.2) is 0 Å². The molecule has 0 fully saturated rings. The molecule has 1 aromatic carbocycles. The number of nitrogens with one attached hydrogen (secondary N) is 1. The fourth-order valence-corrected chi connectivity index (χ4v) is 1.62. The van der Waals surface area contributed by atoms with Gasteiger partial charge in [-0.15, -0.1) is 0 Å². The van der Waals surface area contributed by atoms with Crippen molar-refractivity contribution in [3.63, 3.8) is 0 Å². The Hall–Kier alpha value is -0.570. The van der Waals surface area contributed by atoms with Gasteiger partial charge < -0.3 is 10.4 Å². The van der Waals surface area contributed by atoms with Crippen LogP contribution in [0, 0.1) is 12.8 Å². The summed E-state index contributed by atoms with van der Waals surface area (Å²) in [5.41, 5.74) is 2.28. The van der Waals surface area contributed by atoms with E-state index in [-0.39, 0.29) is 12.5 Å². The third-order valence-corrected chi connectivity index (χ3v) is 2.68. The Bertz CT molecular complexity index is 314. The first-order valence-corrected chi connectivity index (χ1v) is 5.58. The number of benzene rings is 1. The van der Waals surface area contributed by atoms with E-state index in [0.29, 0.717) is 0 Å². The molecule has 0 aromatic heterocycles. The number of rotatable bonds is 5. The van der Waals surface area contributed by atoms with Crippen molar-refractivity contribution in [1.82, 2.24) is 5.32 Å². The Labute approximate surface area is 96.3 Å². The molecule has 3 heteroatoms. The fraction of sp³-hybridized carbons (Fsp3) is 0.500. The number of hydrogen-bond acceptors (Lipinski definition) is 2. The van der Waals surface area contributed by atoms with Crippen LogP contribution in [-0.2, 0) is 6.54 Å². The van der Waals surface area contributed by atoms with Crippen LogP contribution in [0.15, 0.2) is 18.2 Å². The summed E-state index contributed by atoms with van der Waals surface area (Å²) in [7, 11) is 0. The second-order valence-corrected chi connectivity index (χ2v) is 4.42. The van der Waals surface area contributed by atoms with Crippen LogP contribution in [0.4, 0.5) is 0 Å². The highest BCUT2D eigenvalue weighted by atomic mass is 35.5. The monoisotopic (exact) mass is 227 g/mol. The molecule has 0 amide bonds. The van der Waals surface area contributed by atoms with E-state index in [2.05, 4.69) is 11.4 Å². The normalized spacial score (nSPS) is 12.8. The van der Waals surface area contributed by atoms with E-state index >= 15 is 0 Å². The molecule has 1 aromatic rings. The molecule has 1 rings (SSSR count). The van der Waals surface area contributed by atoms with Gasteiger partial charge in [0.15, 0.2) is 0 Å².